The number of aromatic nitrogens is 1. The van der Waals surface area contributed by atoms with E-state index in [1.54, 1.807) is 6.20 Å². The van der Waals surface area contributed by atoms with Gasteiger partial charge >= 0.3 is 0 Å². The zero-order valence-electron chi connectivity index (χ0n) is 10.2. The Labute approximate surface area is 134 Å². The maximum atomic E-state index is 6.14. The number of halogens is 3. The van der Waals surface area contributed by atoms with Gasteiger partial charge in [0, 0.05) is 17.5 Å². The summed E-state index contributed by atoms with van der Waals surface area (Å²) in [5, 5.41) is 5.09. The van der Waals surface area contributed by atoms with E-state index < -0.39 is 0 Å². The molecule has 0 amide bonds. The molecule has 0 bridgehead atoms. The number of hydrogen-bond donors (Lipinski definition) is 1. The van der Waals surface area contributed by atoms with Crippen LogP contribution < -0.4 is 5.32 Å². The van der Waals surface area contributed by atoms with E-state index in [0.29, 0.717) is 16.9 Å². The van der Waals surface area contributed by atoms with Crippen molar-refractivity contribution < 1.29 is 4.42 Å². The molecule has 1 N–H and O–H groups in total. The molecule has 2 heterocycles. The third kappa shape index (κ3) is 2.64. The van der Waals surface area contributed by atoms with Crippen LogP contribution in [0.4, 0.5) is 5.69 Å². The number of furan rings is 1. The highest BCUT2D eigenvalue weighted by atomic mass is 79.9. The van der Waals surface area contributed by atoms with Crippen LogP contribution in [0.25, 0.3) is 11.0 Å². The van der Waals surface area contributed by atoms with Gasteiger partial charge in [0.05, 0.1) is 16.4 Å². The molecule has 3 nitrogen and oxygen atoms in total. The Morgan fingerprint density at radius 3 is 2.85 bits per heavy atom. The molecule has 102 valence electrons. The molecule has 3 rings (SSSR count). The highest BCUT2D eigenvalue weighted by molar-refractivity contribution is 9.10. The number of hydrogen-bond acceptors (Lipinski definition) is 3. The number of fused-ring (bicyclic) bond motifs is 1. The summed E-state index contributed by atoms with van der Waals surface area (Å²) in [6, 6.07) is 9.62. The van der Waals surface area contributed by atoms with Crippen LogP contribution in [0, 0.1) is 0 Å². The van der Waals surface area contributed by atoms with Crippen molar-refractivity contribution in [1.82, 2.24) is 4.98 Å². The van der Waals surface area contributed by atoms with Crippen molar-refractivity contribution in [1.29, 1.82) is 0 Å². The Balaban J connectivity index is 1.86. The molecule has 0 aliphatic carbocycles. The minimum absolute atomic E-state index is 0.402. The Morgan fingerprint density at radius 2 is 2.05 bits per heavy atom. The van der Waals surface area contributed by atoms with E-state index in [1.807, 2.05) is 30.3 Å². The molecule has 2 aromatic heterocycles. The zero-order chi connectivity index (χ0) is 14.1. The molecule has 0 radical (unpaired) electrons. The summed E-state index contributed by atoms with van der Waals surface area (Å²) in [7, 11) is 0. The molecule has 0 unspecified atom stereocenters. The lowest BCUT2D eigenvalue weighted by Crippen LogP contribution is -1.99. The van der Waals surface area contributed by atoms with Crippen LogP contribution in [0.15, 0.2) is 45.4 Å². The Kier molecular flexibility index (Phi) is 3.87. The lowest BCUT2D eigenvalue weighted by molar-refractivity contribution is 0.613. The lowest BCUT2D eigenvalue weighted by Gasteiger charge is -2.06. The molecule has 3 aromatic rings. The van der Waals surface area contributed by atoms with Crippen molar-refractivity contribution in [3.63, 3.8) is 0 Å². The van der Waals surface area contributed by atoms with E-state index in [-0.39, 0.29) is 0 Å². The van der Waals surface area contributed by atoms with E-state index in [1.165, 1.54) is 0 Å². The Morgan fingerprint density at radius 1 is 1.25 bits per heavy atom. The molecule has 0 spiro atoms. The van der Waals surface area contributed by atoms with Crippen molar-refractivity contribution in [2.24, 2.45) is 0 Å². The first kappa shape index (κ1) is 13.7. The molecular formula is C14H9BrCl2N2O. The smallest absolute Gasteiger partial charge is 0.199 e. The van der Waals surface area contributed by atoms with E-state index in [4.69, 9.17) is 27.6 Å². The van der Waals surface area contributed by atoms with Crippen LogP contribution >= 0.6 is 39.1 Å². The summed E-state index contributed by atoms with van der Waals surface area (Å²) < 4.78 is 6.25. The molecule has 0 atom stereocenters. The van der Waals surface area contributed by atoms with Crippen LogP contribution in [0.2, 0.25) is 10.4 Å². The molecule has 20 heavy (non-hydrogen) atoms. The number of nitrogens with zero attached hydrogens (tertiary/aromatic N) is 1. The van der Waals surface area contributed by atoms with Gasteiger partial charge in [-0.25, -0.2) is 4.98 Å². The summed E-state index contributed by atoms with van der Waals surface area (Å²) in [6.07, 6.45) is 1.67. The first-order valence-electron chi connectivity index (χ1n) is 5.86. The molecular weight excluding hydrogens is 363 g/mol. The first-order valence-corrected chi connectivity index (χ1v) is 7.41. The topological polar surface area (TPSA) is 38.1 Å². The van der Waals surface area contributed by atoms with Gasteiger partial charge in [-0.1, -0.05) is 29.8 Å². The fraction of sp³-hybridized carbons (Fsp3) is 0.0714. The van der Waals surface area contributed by atoms with Gasteiger partial charge in [0.15, 0.2) is 5.22 Å². The second kappa shape index (κ2) is 5.64. The van der Waals surface area contributed by atoms with Gasteiger partial charge in [-0.3, -0.25) is 0 Å². The third-order valence-corrected chi connectivity index (χ3v) is 4.35. The average molecular weight is 372 g/mol. The van der Waals surface area contributed by atoms with Crippen molar-refractivity contribution >= 4 is 55.8 Å². The highest BCUT2D eigenvalue weighted by Crippen LogP contribution is 2.30. The minimum atomic E-state index is 0.402. The molecule has 1 aromatic carbocycles. The molecule has 0 aliphatic heterocycles. The highest BCUT2D eigenvalue weighted by Gasteiger charge is 2.11. The standard InChI is InChI=1S/C14H9BrCl2N2O/c15-11-5-8(6-19-13(11)16)18-7-10-9-3-1-2-4-12(9)20-14(10)17/h1-6,18H,7H2. The Hall–Kier alpha value is -1.23. The summed E-state index contributed by atoms with van der Waals surface area (Å²) in [5.74, 6) is 0. The van der Waals surface area contributed by atoms with E-state index in [2.05, 4.69) is 26.2 Å². The van der Waals surface area contributed by atoms with Gasteiger partial charge in [-0.05, 0) is 39.7 Å². The predicted octanol–water partition coefficient (Wildman–Crippen LogP) is 5.51. The summed E-state index contributed by atoms with van der Waals surface area (Å²) in [4.78, 5) is 4.06. The van der Waals surface area contributed by atoms with Gasteiger partial charge in [-0.2, -0.15) is 0 Å². The van der Waals surface area contributed by atoms with Gasteiger partial charge in [-0.15, -0.1) is 0 Å². The second-order valence-electron chi connectivity index (χ2n) is 4.20. The Bertz CT molecular complexity index is 773. The number of rotatable bonds is 3. The molecule has 0 fully saturated rings. The zero-order valence-corrected chi connectivity index (χ0v) is 13.3. The average Bonchev–Trinajstić information content (AvgIpc) is 2.76. The SMILES string of the molecule is Clc1ncc(NCc2c(Cl)oc3ccccc23)cc1Br. The lowest BCUT2D eigenvalue weighted by atomic mass is 10.2. The second-order valence-corrected chi connectivity index (χ2v) is 5.76. The largest absolute Gasteiger partial charge is 0.444 e. The fourth-order valence-electron chi connectivity index (χ4n) is 1.94. The van der Waals surface area contributed by atoms with Crippen LogP contribution in [0.5, 0.6) is 0 Å². The van der Waals surface area contributed by atoms with Crippen molar-refractivity contribution in [3.8, 4) is 0 Å². The van der Waals surface area contributed by atoms with Crippen molar-refractivity contribution in [3.05, 3.63) is 56.9 Å². The molecule has 6 heteroatoms. The third-order valence-electron chi connectivity index (χ3n) is 2.91. The summed E-state index contributed by atoms with van der Waals surface area (Å²) >= 11 is 15.3. The number of pyridine rings is 1. The van der Waals surface area contributed by atoms with Crippen LogP contribution in [-0.4, -0.2) is 4.98 Å². The maximum absolute atomic E-state index is 6.14. The number of benzene rings is 1. The molecule has 0 saturated heterocycles. The number of anilines is 1. The maximum Gasteiger partial charge on any atom is 0.199 e. The predicted molar refractivity (Wildman–Crippen MR) is 85.5 cm³/mol. The van der Waals surface area contributed by atoms with Crippen LogP contribution in [-0.2, 0) is 6.54 Å². The normalized spacial score (nSPS) is 10.9. The van der Waals surface area contributed by atoms with Gasteiger partial charge in [0.2, 0.25) is 0 Å². The number of nitrogens with one attached hydrogen (secondary N) is 1. The molecule has 0 saturated carbocycles. The summed E-state index contributed by atoms with van der Waals surface area (Å²) in [5.41, 5.74) is 2.56. The van der Waals surface area contributed by atoms with Crippen molar-refractivity contribution in [2.75, 3.05) is 5.32 Å². The summed E-state index contributed by atoms with van der Waals surface area (Å²) in [6.45, 7) is 0.547. The number of para-hydroxylation sites is 1. The minimum Gasteiger partial charge on any atom is -0.444 e. The van der Waals surface area contributed by atoms with E-state index in [9.17, 15) is 0 Å². The first-order chi connectivity index (χ1) is 9.65. The van der Waals surface area contributed by atoms with Crippen LogP contribution in [0.3, 0.4) is 0 Å². The van der Waals surface area contributed by atoms with Gasteiger partial charge in [0.25, 0.3) is 0 Å². The van der Waals surface area contributed by atoms with Gasteiger partial charge in [0.1, 0.15) is 10.7 Å². The van der Waals surface area contributed by atoms with Crippen LogP contribution in [0.1, 0.15) is 5.56 Å². The van der Waals surface area contributed by atoms with E-state index in [0.717, 1.165) is 26.7 Å². The quantitative estimate of drug-likeness (QED) is 0.617. The van der Waals surface area contributed by atoms with E-state index >= 15 is 0 Å². The molecule has 0 aliphatic rings. The van der Waals surface area contributed by atoms with Gasteiger partial charge < -0.3 is 9.73 Å². The monoisotopic (exact) mass is 370 g/mol. The fourth-order valence-corrected chi connectivity index (χ4v) is 2.65. The van der Waals surface area contributed by atoms with Crippen molar-refractivity contribution in [2.45, 2.75) is 6.54 Å².